The van der Waals surface area contributed by atoms with E-state index in [9.17, 15) is 19.5 Å². The zero-order chi connectivity index (χ0) is 21.3. The van der Waals surface area contributed by atoms with Gasteiger partial charge >= 0.3 is 5.97 Å². The van der Waals surface area contributed by atoms with Crippen molar-refractivity contribution < 1.29 is 19.5 Å². The lowest BCUT2D eigenvalue weighted by Crippen LogP contribution is -2.25. The Morgan fingerprint density at radius 2 is 1.40 bits per heavy atom. The van der Waals surface area contributed by atoms with E-state index in [1.54, 1.807) is 54.6 Å². The molecule has 7 heteroatoms. The fraction of sp³-hybridized carbons (Fsp3) is 0.0435. The SMILES string of the molecule is O=C(O)C(CC(=O)c1ccccc1)=NNC(=O)c1ccccc1Nc1ccccc1. The minimum absolute atomic E-state index is 0.282. The van der Waals surface area contributed by atoms with Gasteiger partial charge in [0.2, 0.25) is 0 Å². The lowest BCUT2D eigenvalue weighted by atomic mass is 10.1. The summed E-state index contributed by atoms with van der Waals surface area (Å²) in [7, 11) is 0. The van der Waals surface area contributed by atoms with Crippen molar-refractivity contribution >= 4 is 34.7 Å². The van der Waals surface area contributed by atoms with E-state index < -0.39 is 29.8 Å². The summed E-state index contributed by atoms with van der Waals surface area (Å²) >= 11 is 0. The highest BCUT2D eigenvalue weighted by Crippen LogP contribution is 2.20. The summed E-state index contributed by atoms with van der Waals surface area (Å²) in [4.78, 5) is 36.3. The lowest BCUT2D eigenvalue weighted by molar-refractivity contribution is -0.129. The van der Waals surface area contributed by atoms with Crippen molar-refractivity contribution in [3.63, 3.8) is 0 Å². The Morgan fingerprint density at radius 3 is 2.07 bits per heavy atom. The number of aliphatic carboxylic acids is 1. The molecule has 0 heterocycles. The van der Waals surface area contributed by atoms with Crippen LogP contribution in [-0.4, -0.2) is 28.5 Å². The maximum Gasteiger partial charge on any atom is 0.352 e. The van der Waals surface area contributed by atoms with Crippen LogP contribution in [0, 0.1) is 0 Å². The molecule has 150 valence electrons. The number of carboxylic acids is 1. The standard InChI is InChI=1S/C23H19N3O4/c27-21(16-9-3-1-4-10-16)15-20(23(29)30)25-26-22(28)18-13-7-8-14-19(18)24-17-11-5-2-6-12-17/h1-14,24H,15H2,(H,26,28)(H,29,30). The van der Waals surface area contributed by atoms with Gasteiger partial charge in [0.25, 0.3) is 5.91 Å². The number of ketones is 1. The Balaban J connectivity index is 1.75. The van der Waals surface area contributed by atoms with Gasteiger partial charge in [0, 0.05) is 11.3 Å². The van der Waals surface area contributed by atoms with Gasteiger partial charge in [-0.1, -0.05) is 60.7 Å². The van der Waals surface area contributed by atoms with Crippen LogP contribution in [0.25, 0.3) is 0 Å². The summed E-state index contributed by atoms with van der Waals surface area (Å²) in [5.74, 6) is -2.38. The molecule has 0 atom stereocenters. The van der Waals surface area contributed by atoms with Crippen molar-refractivity contribution in [1.29, 1.82) is 0 Å². The normalized spacial score (nSPS) is 10.9. The molecule has 0 aliphatic heterocycles. The number of carbonyl (C=O) groups excluding carboxylic acids is 2. The summed E-state index contributed by atoms with van der Waals surface area (Å²) in [5, 5.41) is 16.2. The molecule has 0 aliphatic carbocycles. The smallest absolute Gasteiger partial charge is 0.352 e. The quantitative estimate of drug-likeness (QED) is 0.302. The van der Waals surface area contributed by atoms with E-state index in [1.807, 2.05) is 30.3 Å². The Labute approximate surface area is 173 Å². The predicted octanol–water partition coefficient (Wildman–Crippen LogP) is 3.87. The lowest BCUT2D eigenvalue weighted by Gasteiger charge is -2.11. The van der Waals surface area contributed by atoms with Crippen LogP contribution in [0.1, 0.15) is 27.1 Å². The van der Waals surface area contributed by atoms with Gasteiger partial charge in [-0.3, -0.25) is 9.59 Å². The van der Waals surface area contributed by atoms with Gasteiger partial charge in [0.1, 0.15) is 0 Å². The van der Waals surface area contributed by atoms with Crippen molar-refractivity contribution in [2.75, 3.05) is 5.32 Å². The van der Waals surface area contributed by atoms with Gasteiger partial charge < -0.3 is 10.4 Å². The third-order valence-electron chi connectivity index (χ3n) is 4.19. The van der Waals surface area contributed by atoms with Crippen LogP contribution in [-0.2, 0) is 4.79 Å². The number of hydrogen-bond donors (Lipinski definition) is 3. The van der Waals surface area contributed by atoms with Crippen molar-refractivity contribution in [2.45, 2.75) is 6.42 Å². The zero-order valence-corrected chi connectivity index (χ0v) is 15.9. The molecule has 0 radical (unpaired) electrons. The first-order chi connectivity index (χ1) is 14.5. The van der Waals surface area contributed by atoms with E-state index in [2.05, 4.69) is 15.8 Å². The van der Waals surface area contributed by atoms with Gasteiger partial charge in [0.05, 0.1) is 17.7 Å². The molecule has 3 aromatic carbocycles. The number of benzene rings is 3. The minimum atomic E-state index is -1.38. The Kier molecular flexibility index (Phi) is 6.68. The first kappa shape index (κ1) is 20.5. The van der Waals surface area contributed by atoms with Crippen LogP contribution in [0.5, 0.6) is 0 Å². The van der Waals surface area contributed by atoms with Crippen LogP contribution in [0.2, 0.25) is 0 Å². The van der Waals surface area contributed by atoms with Crippen LogP contribution in [0.3, 0.4) is 0 Å². The second-order valence-corrected chi connectivity index (χ2v) is 6.31. The molecule has 3 rings (SSSR count). The highest BCUT2D eigenvalue weighted by atomic mass is 16.4. The Bertz CT molecular complexity index is 1080. The van der Waals surface area contributed by atoms with Crippen LogP contribution < -0.4 is 10.7 Å². The first-order valence-corrected chi connectivity index (χ1v) is 9.14. The van der Waals surface area contributed by atoms with Gasteiger partial charge in [-0.25, -0.2) is 10.2 Å². The summed E-state index contributed by atoms with van der Waals surface area (Å²) in [5.41, 5.74) is 3.77. The predicted molar refractivity (Wildman–Crippen MR) is 114 cm³/mol. The van der Waals surface area contributed by atoms with Gasteiger partial charge in [-0.2, -0.15) is 5.10 Å². The molecule has 0 fully saturated rings. The van der Waals surface area contributed by atoms with Gasteiger partial charge in [-0.15, -0.1) is 0 Å². The average molecular weight is 401 g/mol. The fourth-order valence-corrected chi connectivity index (χ4v) is 2.69. The van der Waals surface area contributed by atoms with E-state index >= 15 is 0 Å². The van der Waals surface area contributed by atoms with Crippen molar-refractivity contribution in [3.8, 4) is 0 Å². The van der Waals surface area contributed by atoms with Crippen LogP contribution in [0.4, 0.5) is 11.4 Å². The number of carbonyl (C=O) groups is 3. The zero-order valence-electron chi connectivity index (χ0n) is 15.9. The molecule has 3 aromatic rings. The van der Waals surface area contributed by atoms with Crippen LogP contribution >= 0.6 is 0 Å². The number of nitrogens with zero attached hydrogens (tertiary/aromatic N) is 1. The van der Waals surface area contributed by atoms with E-state index in [4.69, 9.17) is 0 Å². The number of nitrogens with one attached hydrogen (secondary N) is 2. The monoisotopic (exact) mass is 401 g/mol. The number of rotatable bonds is 8. The number of hydrogen-bond acceptors (Lipinski definition) is 5. The molecule has 0 aliphatic rings. The number of amides is 1. The molecule has 3 N–H and O–H groups in total. The molecule has 1 amide bonds. The van der Waals surface area contributed by atoms with Crippen molar-refractivity contribution in [1.82, 2.24) is 5.43 Å². The largest absolute Gasteiger partial charge is 0.477 e. The molecule has 0 aromatic heterocycles. The first-order valence-electron chi connectivity index (χ1n) is 9.14. The van der Waals surface area contributed by atoms with E-state index in [1.165, 1.54) is 0 Å². The Morgan fingerprint density at radius 1 is 0.800 bits per heavy atom. The molecular weight excluding hydrogens is 382 g/mol. The van der Waals surface area contributed by atoms with E-state index in [0.717, 1.165) is 5.69 Å². The number of anilines is 2. The molecule has 0 saturated heterocycles. The number of carboxylic acid groups (broad SMARTS) is 1. The number of Topliss-reactive ketones (excluding diaryl/α,β-unsaturated/α-hetero) is 1. The van der Waals surface area contributed by atoms with Gasteiger partial charge in [0.15, 0.2) is 11.5 Å². The molecule has 0 unspecified atom stereocenters. The Hall–Kier alpha value is -4.26. The number of hydrazone groups is 1. The molecule has 0 bridgehead atoms. The van der Waals surface area contributed by atoms with Crippen LogP contribution in [0.15, 0.2) is 90.0 Å². The van der Waals surface area contributed by atoms with E-state index in [-0.39, 0.29) is 5.56 Å². The van der Waals surface area contributed by atoms with Gasteiger partial charge in [-0.05, 0) is 24.3 Å². The number of para-hydroxylation sites is 2. The summed E-state index contributed by atoms with van der Waals surface area (Å²) in [6, 6.07) is 24.4. The molecule has 30 heavy (non-hydrogen) atoms. The van der Waals surface area contributed by atoms with Crippen molar-refractivity contribution in [3.05, 3.63) is 96.1 Å². The summed E-state index contributed by atoms with van der Waals surface area (Å²) in [6.45, 7) is 0. The maximum atomic E-state index is 12.6. The average Bonchev–Trinajstić information content (AvgIpc) is 2.77. The molecule has 7 nitrogen and oxygen atoms in total. The second-order valence-electron chi connectivity index (χ2n) is 6.31. The summed E-state index contributed by atoms with van der Waals surface area (Å²) < 4.78 is 0. The molecule has 0 spiro atoms. The summed E-state index contributed by atoms with van der Waals surface area (Å²) in [6.07, 6.45) is -0.441. The second kappa shape index (κ2) is 9.79. The van der Waals surface area contributed by atoms with Crippen molar-refractivity contribution in [2.24, 2.45) is 5.10 Å². The van der Waals surface area contributed by atoms with E-state index in [0.29, 0.717) is 11.3 Å². The third kappa shape index (κ3) is 5.39. The molecule has 0 saturated carbocycles. The topological polar surface area (TPSA) is 108 Å². The minimum Gasteiger partial charge on any atom is -0.477 e. The molecular formula is C23H19N3O4. The maximum absolute atomic E-state index is 12.6. The fourth-order valence-electron chi connectivity index (χ4n) is 2.69. The third-order valence-corrected chi connectivity index (χ3v) is 4.19. The highest BCUT2D eigenvalue weighted by molar-refractivity contribution is 6.40. The highest BCUT2D eigenvalue weighted by Gasteiger charge is 2.18.